The number of carbonyl (C=O) groups is 1. The zero-order valence-corrected chi connectivity index (χ0v) is 22.8. The van der Waals surface area contributed by atoms with Gasteiger partial charge in [0, 0.05) is 6.42 Å². The Morgan fingerprint density at radius 1 is 0.737 bits per heavy atom. The first kappa shape index (κ1) is 33.3. The second-order valence-corrected chi connectivity index (χ2v) is 11.0. The van der Waals surface area contributed by atoms with Gasteiger partial charge in [-0.25, -0.2) is 0 Å². The Kier molecular flexibility index (Phi) is 14.9. The van der Waals surface area contributed by atoms with Gasteiger partial charge in [-0.2, -0.15) is 0 Å². The third kappa shape index (κ3) is 9.94. The number of rotatable bonds is 16. The van der Waals surface area contributed by atoms with Gasteiger partial charge in [-0.05, 0) is 12.3 Å². The minimum atomic E-state index is -1.82. The maximum Gasteiger partial charge on any atom is 0.306 e. The molecule has 2 aliphatic rings. The fourth-order valence-electron chi connectivity index (χ4n) is 5.10. The lowest BCUT2D eigenvalue weighted by atomic mass is 9.84. The Morgan fingerprint density at radius 3 is 1.92 bits per heavy atom. The Balaban J connectivity index is 1.76. The van der Waals surface area contributed by atoms with E-state index in [1.54, 1.807) is 0 Å². The lowest BCUT2D eigenvalue weighted by Gasteiger charge is -2.45. The van der Waals surface area contributed by atoms with Crippen molar-refractivity contribution in [3.63, 3.8) is 0 Å². The molecule has 38 heavy (non-hydrogen) atoms. The van der Waals surface area contributed by atoms with E-state index in [9.17, 15) is 40.5 Å². The molecule has 1 saturated carbocycles. The molecule has 224 valence electrons. The van der Waals surface area contributed by atoms with Crippen LogP contribution in [0.1, 0.15) is 90.9 Å². The predicted octanol–water partition coefficient (Wildman–Crippen LogP) is 0.517. The number of unbranched alkanes of at least 4 members (excludes halogenated alkanes) is 7. The molecule has 2 fully saturated rings. The van der Waals surface area contributed by atoms with Crippen molar-refractivity contribution in [3.8, 4) is 0 Å². The minimum Gasteiger partial charge on any atom is -0.457 e. The molecular weight excluding hydrogens is 500 g/mol. The van der Waals surface area contributed by atoms with Gasteiger partial charge in [0.1, 0.15) is 48.8 Å². The quantitative estimate of drug-likeness (QED) is 0.105. The molecule has 0 aromatic carbocycles. The summed E-state index contributed by atoms with van der Waals surface area (Å²) in [5, 5.41) is 70.7. The molecule has 7 N–H and O–H groups in total. The maximum atomic E-state index is 12.5. The molecule has 1 aliphatic heterocycles. The van der Waals surface area contributed by atoms with Crippen LogP contribution in [0.4, 0.5) is 0 Å². The van der Waals surface area contributed by atoms with E-state index in [4.69, 9.17) is 14.2 Å². The fourth-order valence-corrected chi connectivity index (χ4v) is 5.10. The number of ether oxygens (including phenoxy) is 3. The number of hydrogen-bond donors (Lipinski definition) is 7. The first-order chi connectivity index (χ1) is 18.1. The van der Waals surface area contributed by atoms with E-state index in [1.165, 1.54) is 38.5 Å². The summed E-state index contributed by atoms with van der Waals surface area (Å²) in [7, 11) is 0. The number of esters is 1. The summed E-state index contributed by atoms with van der Waals surface area (Å²) in [5.41, 5.74) is 0. The molecule has 0 spiro atoms. The lowest BCUT2D eigenvalue weighted by molar-refractivity contribution is -0.322. The highest BCUT2D eigenvalue weighted by molar-refractivity contribution is 5.69. The SMILES string of the molecule is CCCCCC(C)CCCCCCCCC(=O)OC1C(O)C(O)C(O)C(O)C1OC1OCC(O)C(O)C1O. The zero-order valence-electron chi connectivity index (χ0n) is 22.8. The Hall–Kier alpha value is -0.890. The Bertz CT molecular complexity index is 665. The van der Waals surface area contributed by atoms with Crippen LogP contribution in [0.2, 0.25) is 0 Å². The van der Waals surface area contributed by atoms with E-state index in [0.717, 1.165) is 31.6 Å². The van der Waals surface area contributed by atoms with Crippen molar-refractivity contribution < 1.29 is 54.8 Å². The van der Waals surface area contributed by atoms with Gasteiger partial charge >= 0.3 is 5.97 Å². The van der Waals surface area contributed by atoms with Gasteiger partial charge < -0.3 is 50.0 Å². The molecular formula is C27H50O11. The van der Waals surface area contributed by atoms with Crippen LogP contribution in [0.5, 0.6) is 0 Å². The van der Waals surface area contributed by atoms with Crippen LogP contribution >= 0.6 is 0 Å². The molecule has 0 bridgehead atoms. The Labute approximate surface area is 225 Å². The largest absolute Gasteiger partial charge is 0.457 e. The summed E-state index contributed by atoms with van der Waals surface area (Å²) >= 11 is 0. The average molecular weight is 551 g/mol. The second kappa shape index (κ2) is 17.0. The summed E-state index contributed by atoms with van der Waals surface area (Å²) in [6.45, 7) is 4.16. The smallest absolute Gasteiger partial charge is 0.306 e. The predicted molar refractivity (Wildman–Crippen MR) is 137 cm³/mol. The number of hydrogen-bond acceptors (Lipinski definition) is 11. The standard InChI is InChI=1S/C27H50O11/c1-3-4-9-12-16(2)13-10-7-5-6-8-11-14-18(29)37-25-22(33)20(31)21(32)23(34)26(25)38-27-24(35)19(30)17(28)15-36-27/h16-17,19-28,30-35H,3-15H2,1-2H3. The van der Waals surface area contributed by atoms with Gasteiger partial charge in [0.25, 0.3) is 0 Å². The van der Waals surface area contributed by atoms with Crippen LogP contribution in [-0.2, 0) is 19.0 Å². The average Bonchev–Trinajstić information content (AvgIpc) is 2.89. The van der Waals surface area contributed by atoms with E-state index in [2.05, 4.69) is 13.8 Å². The van der Waals surface area contributed by atoms with E-state index < -0.39 is 67.2 Å². The van der Waals surface area contributed by atoms with Crippen LogP contribution in [-0.4, -0.2) is 110 Å². The van der Waals surface area contributed by atoms with Crippen LogP contribution < -0.4 is 0 Å². The van der Waals surface area contributed by atoms with Crippen molar-refractivity contribution in [2.75, 3.05) is 6.61 Å². The second-order valence-electron chi connectivity index (χ2n) is 11.0. The molecule has 11 unspecified atom stereocenters. The molecule has 0 aromatic rings. The minimum absolute atomic E-state index is 0.0621. The van der Waals surface area contributed by atoms with Gasteiger partial charge in [-0.3, -0.25) is 4.79 Å². The molecule has 0 radical (unpaired) electrons. The molecule has 1 aliphatic carbocycles. The van der Waals surface area contributed by atoms with Crippen molar-refractivity contribution >= 4 is 5.97 Å². The molecule has 1 saturated heterocycles. The topological polar surface area (TPSA) is 186 Å². The lowest BCUT2D eigenvalue weighted by Crippen LogP contribution is -2.67. The maximum absolute atomic E-state index is 12.5. The number of aliphatic hydroxyl groups excluding tert-OH is 7. The van der Waals surface area contributed by atoms with E-state index >= 15 is 0 Å². The van der Waals surface area contributed by atoms with Crippen molar-refractivity contribution in [2.24, 2.45) is 5.92 Å². The van der Waals surface area contributed by atoms with E-state index in [-0.39, 0.29) is 13.0 Å². The van der Waals surface area contributed by atoms with Crippen molar-refractivity contribution in [2.45, 2.75) is 152 Å². The highest BCUT2D eigenvalue weighted by atomic mass is 16.7. The van der Waals surface area contributed by atoms with Crippen LogP contribution in [0.15, 0.2) is 0 Å². The monoisotopic (exact) mass is 550 g/mol. The van der Waals surface area contributed by atoms with Crippen LogP contribution in [0.3, 0.4) is 0 Å². The number of aliphatic hydroxyl groups is 7. The normalized spacial score (nSPS) is 36.7. The van der Waals surface area contributed by atoms with Crippen molar-refractivity contribution in [1.29, 1.82) is 0 Å². The van der Waals surface area contributed by atoms with Gasteiger partial charge in [-0.1, -0.05) is 78.1 Å². The molecule has 11 nitrogen and oxygen atoms in total. The molecule has 0 aromatic heterocycles. The molecule has 2 rings (SSSR count). The fraction of sp³-hybridized carbons (Fsp3) is 0.963. The first-order valence-corrected chi connectivity index (χ1v) is 14.3. The van der Waals surface area contributed by atoms with Crippen LogP contribution in [0, 0.1) is 5.92 Å². The van der Waals surface area contributed by atoms with Gasteiger partial charge in [0.15, 0.2) is 12.4 Å². The van der Waals surface area contributed by atoms with Gasteiger partial charge in [0.05, 0.1) is 6.61 Å². The third-order valence-electron chi connectivity index (χ3n) is 7.69. The van der Waals surface area contributed by atoms with Gasteiger partial charge in [0.2, 0.25) is 0 Å². The molecule has 0 amide bonds. The van der Waals surface area contributed by atoms with Gasteiger partial charge in [-0.15, -0.1) is 0 Å². The van der Waals surface area contributed by atoms with Crippen molar-refractivity contribution in [1.82, 2.24) is 0 Å². The van der Waals surface area contributed by atoms with E-state index in [1.807, 2.05) is 0 Å². The highest BCUT2D eigenvalue weighted by Crippen LogP contribution is 2.30. The van der Waals surface area contributed by atoms with E-state index in [0.29, 0.717) is 6.42 Å². The molecule has 11 heteroatoms. The summed E-state index contributed by atoms with van der Waals surface area (Å²) in [5.74, 6) is 0.0990. The highest BCUT2D eigenvalue weighted by Gasteiger charge is 2.53. The summed E-state index contributed by atoms with van der Waals surface area (Å²) in [6, 6.07) is 0. The summed E-state index contributed by atoms with van der Waals surface area (Å²) in [6.07, 6.45) is -4.18. The summed E-state index contributed by atoms with van der Waals surface area (Å²) < 4.78 is 16.0. The van der Waals surface area contributed by atoms with Crippen LogP contribution in [0.25, 0.3) is 0 Å². The zero-order chi connectivity index (χ0) is 28.2. The summed E-state index contributed by atoms with van der Waals surface area (Å²) in [4.78, 5) is 12.5. The van der Waals surface area contributed by atoms with Crippen molar-refractivity contribution in [3.05, 3.63) is 0 Å². The molecule has 1 heterocycles. The first-order valence-electron chi connectivity index (χ1n) is 14.3. The number of carbonyl (C=O) groups excluding carboxylic acids is 1. The molecule has 11 atom stereocenters. The third-order valence-corrected chi connectivity index (χ3v) is 7.69. The Morgan fingerprint density at radius 2 is 1.29 bits per heavy atom.